The highest BCUT2D eigenvalue weighted by Crippen LogP contribution is 2.30. The number of nitrogens with zero attached hydrogens (tertiary/aromatic N) is 1. The first-order valence-electron chi connectivity index (χ1n) is 6.26. The second-order valence-corrected chi connectivity index (χ2v) is 4.62. The zero-order valence-corrected chi connectivity index (χ0v) is 10.1. The summed E-state index contributed by atoms with van der Waals surface area (Å²) in [7, 11) is 0. The van der Waals surface area contributed by atoms with Crippen LogP contribution in [0.3, 0.4) is 0 Å². The van der Waals surface area contributed by atoms with E-state index < -0.39 is 0 Å². The summed E-state index contributed by atoms with van der Waals surface area (Å²) < 4.78 is 2.33. The second kappa shape index (κ2) is 4.04. The van der Waals surface area contributed by atoms with Crippen LogP contribution >= 0.6 is 0 Å². The average molecular weight is 227 g/mol. The second-order valence-electron chi connectivity index (χ2n) is 4.62. The zero-order valence-electron chi connectivity index (χ0n) is 10.1. The molecule has 0 fully saturated rings. The van der Waals surface area contributed by atoms with Crippen molar-refractivity contribution >= 4 is 17.0 Å². The van der Waals surface area contributed by atoms with Gasteiger partial charge in [0.15, 0.2) is 0 Å². The third kappa shape index (κ3) is 1.60. The quantitative estimate of drug-likeness (QED) is 0.796. The van der Waals surface area contributed by atoms with Crippen LogP contribution in [-0.4, -0.2) is 15.8 Å². The van der Waals surface area contributed by atoms with Gasteiger partial charge >= 0.3 is 0 Å². The fraction of sp³-hybridized carbons (Fsp3) is 0.333. The van der Waals surface area contributed by atoms with Crippen LogP contribution in [0.4, 0.5) is 0 Å². The Kier molecular flexibility index (Phi) is 2.52. The molecule has 2 heteroatoms. The predicted molar refractivity (Wildman–Crippen MR) is 71.0 cm³/mol. The lowest BCUT2D eigenvalue weighted by molar-refractivity contribution is 0.179. The highest BCUT2D eigenvalue weighted by atomic mass is 16.3. The maximum absolute atomic E-state index is 9.92. The van der Waals surface area contributed by atoms with Gasteiger partial charge in [-0.15, -0.1) is 0 Å². The van der Waals surface area contributed by atoms with Gasteiger partial charge < -0.3 is 9.67 Å². The molecule has 0 radical (unpaired) electrons. The topological polar surface area (TPSA) is 25.2 Å². The van der Waals surface area contributed by atoms with Gasteiger partial charge in [0.05, 0.1) is 6.10 Å². The smallest absolute Gasteiger partial charge is 0.0616 e. The number of aryl methyl sites for hydroxylation is 1. The van der Waals surface area contributed by atoms with Gasteiger partial charge in [-0.3, -0.25) is 0 Å². The van der Waals surface area contributed by atoms with Crippen molar-refractivity contribution in [2.45, 2.75) is 32.4 Å². The summed E-state index contributed by atoms with van der Waals surface area (Å²) in [5.41, 5.74) is 3.84. The van der Waals surface area contributed by atoms with Crippen molar-refractivity contribution in [1.29, 1.82) is 0 Å². The van der Waals surface area contributed by atoms with Crippen molar-refractivity contribution in [3.8, 4) is 0 Å². The van der Waals surface area contributed by atoms with Crippen LogP contribution in [0.1, 0.15) is 24.6 Å². The molecule has 0 aliphatic heterocycles. The molecule has 1 aliphatic carbocycles. The van der Waals surface area contributed by atoms with E-state index in [4.69, 9.17) is 0 Å². The van der Waals surface area contributed by atoms with E-state index in [-0.39, 0.29) is 6.10 Å². The number of benzene rings is 1. The van der Waals surface area contributed by atoms with Crippen molar-refractivity contribution in [2.75, 3.05) is 0 Å². The third-order valence-corrected chi connectivity index (χ3v) is 3.56. The summed E-state index contributed by atoms with van der Waals surface area (Å²) in [5.74, 6) is 0. The molecular weight excluding hydrogens is 210 g/mol. The fourth-order valence-corrected chi connectivity index (χ4v) is 2.80. The van der Waals surface area contributed by atoms with E-state index in [0.717, 1.165) is 19.4 Å². The number of aliphatic hydroxyl groups excluding tert-OH is 1. The van der Waals surface area contributed by atoms with Crippen molar-refractivity contribution < 1.29 is 5.11 Å². The van der Waals surface area contributed by atoms with Crippen LogP contribution in [0.2, 0.25) is 0 Å². The van der Waals surface area contributed by atoms with Gasteiger partial charge in [-0.2, -0.15) is 0 Å². The summed E-state index contributed by atoms with van der Waals surface area (Å²) in [5, 5.41) is 11.2. The van der Waals surface area contributed by atoms with Crippen molar-refractivity contribution in [1.82, 2.24) is 4.57 Å². The number of aromatic nitrogens is 1. The van der Waals surface area contributed by atoms with Gasteiger partial charge in [0.1, 0.15) is 0 Å². The lowest BCUT2D eigenvalue weighted by atomic mass is 10.0. The molecule has 0 spiro atoms. The lowest BCUT2D eigenvalue weighted by Gasteiger charge is -2.05. The highest BCUT2D eigenvalue weighted by Gasteiger charge is 2.18. The number of hydrogen-bond donors (Lipinski definition) is 1. The first kappa shape index (κ1) is 10.6. The summed E-state index contributed by atoms with van der Waals surface area (Å²) >= 11 is 0. The van der Waals surface area contributed by atoms with E-state index in [0.29, 0.717) is 0 Å². The van der Waals surface area contributed by atoms with Gasteiger partial charge in [0.2, 0.25) is 0 Å². The Balaban J connectivity index is 2.34. The molecule has 1 unspecified atom stereocenters. The Morgan fingerprint density at radius 1 is 1.35 bits per heavy atom. The molecule has 0 bridgehead atoms. The Hall–Kier alpha value is -1.54. The van der Waals surface area contributed by atoms with E-state index in [1.165, 1.54) is 22.2 Å². The molecule has 2 aromatic rings. The summed E-state index contributed by atoms with van der Waals surface area (Å²) in [6.07, 6.45) is 5.52. The molecule has 88 valence electrons. The Morgan fingerprint density at radius 3 is 3.00 bits per heavy atom. The Morgan fingerprint density at radius 2 is 2.18 bits per heavy atom. The summed E-state index contributed by atoms with van der Waals surface area (Å²) in [4.78, 5) is 0. The summed E-state index contributed by atoms with van der Waals surface area (Å²) in [6, 6.07) is 8.47. The van der Waals surface area contributed by atoms with Crippen LogP contribution in [0.15, 0.2) is 30.3 Å². The van der Waals surface area contributed by atoms with Crippen LogP contribution < -0.4 is 0 Å². The van der Waals surface area contributed by atoms with Crippen LogP contribution in [-0.2, 0) is 13.0 Å². The Bertz CT molecular complexity index is 580. The Labute approximate surface area is 101 Å². The number of hydrogen-bond acceptors (Lipinski definition) is 1. The molecule has 2 nitrogen and oxygen atoms in total. The average Bonchev–Trinajstić information content (AvgIpc) is 2.50. The molecule has 1 heterocycles. The normalized spacial score (nSPS) is 19.3. The molecule has 1 aromatic carbocycles. The molecule has 3 rings (SSSR count). The molecule has 1 aromatic heterocycles. The lowest BCUT2D eigenvalue weighted by Crippen LogP contribution is -2.08. The van der Waals surface area contributed by atoms with Gasteiger partial charge in [-0.25, -0.2) is 0 Å². The van der Waals surface area contributed by atoms with Gasteiger partial charge in [0, 0.05) is 29.6 Å². The highest BCUT2D eigenvalue weighted by molar-refractivity contribution is 5.88. The van der Waals surface area contributed by atoms with E-state index in [9.17, 15) is 5.11 Å². The van der Waals surface area contributed by atoms with Gasteiger partial charge in [-0.05, 0) is 31.1 Å². The maximum atomic E-state index is 9.92. The SMILES string of the molecule is CCn1c2c(c3ccccc31)CC(O)CC=C2. The molecule has 0 amide bonds. The summed E-state index contributed by atoms with van der Waals surface area (Å²) in [6.45, 7) is 3.14. The van der Waals surface area contributed by atoms with Crippen LogP contribution in [0.25, 0.3) is 17.0 Å². The third-order valence-electron chi connectivity index (χ3n) is 3.56. The number of aliphatic hydroxyl groups is 1. The van der Waals surface area contributed by atoms with E-state index in [1.807, 2.05) is 0 Å². The van der Waals surface area contributed by atoms with Crippen molar-refractivity contribution in [3.63, 3.8) is 0 Å². The van der Waals surface area contributed by atoms with E-state index in [1.54, 1.807) is 0 Å². The largest absolute Gasteiger partial charge is 0.392 e. The molecule has 0 saturated carbocycles. The van der Waals surface area contributed by atoms with E-state index in [2.05, 4.69) is 47.9 Å². The monoisotopic (exact) mass is 227 g/mol. The minimum Gasteiger partial charge on any atom is -0.392 e. The molecule has 1 atom stereocenters. The minimum absolute atomic E-state index is 0.247. The van der Waals surface area contributed by atoms with Gasteiger partial charge in [0.25, 0.3) is 0 Å². The zero-order chi connectivity index (χ0) is 11.8. The standard InChI is InChI=1S/C15H17NO/c1-2-16-14-8-4-3-7-12(14)13-10-11(17)6-5-9-15(13)16/h3-5,7-9,11,17H,2,6,10H2,1H3. The van der Waals surface area contributed by atoms with Gasteiger partial charge in [-0.1, -0.05) is 24.3 Å². The minimum atomic E-state index is -0.247. The molecule has 1 N–H and O–H groups in total. The predicted octanol–water partition coefficient (Wildman–Crippen LogP) is 2.98. The molecule has 17 heavy (non-hydrogen) atoms. The van der Waals surface area contributed by atoms with Crippen LogP contribution in [0.5, 0.6) is 0 Å². The van der Waals surface area contributed by atoms with Crippen molar-refractivity contribution in [2.24, 2.45) is 0 Å². The van der Waals surface area contributed by atoms with E-state index >= 15 is 0 Å². The first-order valence-corrected chi connectivity index (χ1v) is 6.26. The number of fused-ring (bicyclic) bond motifs is 3. The first-order chi connectivity index (χ1) is 8.31. The molecular formula is C15H17NO. The molecule has 1 aliphatic rings. The number of para-hydroxylation sites is 1. The van der Waals surface area contributed by atoms with Crippen LogP contribution in [0, 0.1) is 0 Å². The van der Waals surface area contributed by atoms with Crippen molar-refractivity contribution in [3.05, 3.63) is 41.6 Å². The molecule has 0 saturated heterocycles. The maximum Gasteiger partial charge on any atom is 0.0616 e. The number of rotatable bonds is 1. The fourth-order valence-electron chi connectivity index (χ4n) is 2.80.